The predicted octanol–water partition coefficient (Wildman–Crippen LogP) is 5.65. The van der Waals surface area contributed by atoms with E-state index in [-0.39, 0.29) is 4.90 Å². The van der Waals surface area contributed by atoms with Crippen LogP contribution in [0, 0.1) is 18.6 Å². The Morgan fingerprint density at radius 3 is 1.89 bits per heavy atom. The molecule has 0 aliphatic rings. The molecule has 0 saturated carbocycles. The molecule has 0 radical (unpaired) electrons. The van der Waals surface area contributed by atoms with Gasteiger partial charge in [0.2, 0.25) is 0 Å². The van der Waals surface area contributed by atoms with Gasteiger partial charge in [0.15, 0.2) is 21.5 Å². The Hall–Kier alpha value is -2.79. The van der Waals surface area contributed by atoms with Crippen molar-refractivity contribution in [3.63, 3.8) is 0 Å². The summed E-state index contributed by atoms with van der Waals surface area (Å²) in [5.41, 5.74) is 4.23. The molecule has 0 N–H and O–H groups in total. The van der Waals surface area contributed by atoms with E-state index < -0.39 is 21.5 Å². The van der Waals surface area contributed by atoms with Crippen LogP contribution >= 0.6 is 0 Å². The number of hydrogen-bond donors (Lipinski definition) is 0. The van der Waals surface area contributed by atoms with Gasteiger partial charge in [0.05, 0.1) is 4.90 Å². The summed E-state index contributed by atoms with van der Waals surface area (Å²) in [6.07, 6.45) is 2.83. The molecular weight excluding hydrogens is 366 g/mol. The maximum atomic E-state index is 14.0. The van der Waals surface area contributed by atoms with Gasteiger partial charge in [0.1, 0.15) is 0 Å². The smallest absolute Gasteiger partial charge is 0.175 e. The summed E-state index contributed by atoms with van der Waals surface area (Å²) >= 11 is 0. The summed E-state index contributed by atoms with van der Waals surface area (Å²) < 4.78 is 51.2. The van der Waals surface area contributed by atoms with Crippen molar-refractivity contribution in [2.24, 2.45) is 0 Å². The lowest BCUT2D eigenvalue weighted by Crippen LogP contribution is -1.97. The molecule has 3 rings (SSSR count). The Kier molecular flexibility index (Phi) is 4.98. The zero-order valence-corrected chi connectivity index (χ0v) is 15.8. The highest BCUT2D eigenvalue weighted by atomic mass is 32.2. The maximum Gasteiger partial charge on any atom is 0.175 e. The monoisotopic (exact) mass is 384 g/mol. The highest BCUT2D eigenvalue weighted by Gasteiger charge is 2.15. The number of sulfone groups is 1. The van der Waals surface area contributed by atoms with Crippen molar-refractivity contribution >= 4 is 15.9 Å². The van der Waals surface area contributed by atoms with Crippen molar-refractivity contribution in [1.29, 1.82) is 0 Å². The molecule has 0 fully saturated rings. The highest BCUT2D eigenvalue weighted by molar-refractivity contribution is 7.90. The van der Waals surface area contributed by atoms with Crippen LogP contribution in [0.3, 0.4) is 0 Å². The molecule has 0 aromatic heterocycles. The van der Waals surface area contributed by atoms with Crippen LogP contribution in [0.25, 0.3) is 28.3 Å². The number of halogens is 2. The van der Waals surface area contributed by atoms with Crippen molar-refractivity contribution in [3.8, 4) is 22.3 Å². The Morgan fingerprint density at radius 2 is 1.37 bits per heavy atom. The van der Waals surface area contributed by atoms with Crippen LogP contribution < -0.4 is 0 Å². The fraction of sp³-hybridized carbons (Fsp3) is 0.0909. The molecule has 0 unspecified atom stereocenters. The molecule has 5 heteroatoms. The minimum absolute atomic E-state index is 0.166. The number of hydrogen-bond acceptors (Lipinski definition) is 2. The third-order valence-electron chi connectivity index (χ3n) is 4.46. The van der Waals surface area contributed by atoms with Crippen LogP contribution in [-0.2, 0) is 9.84 Å². The standard InChI is InChI=1S/C22H18F2O2S/c1-4-15-11-17(6-5-14(15)2)20-13-22(24)21(23)12-19(20)16-7-9-18(10-8-16)27(3,25)26/h4-13H,1H2,2-3H3. The first kappa shape index (κ1) is 19.0. The summed E-state index contributed by atoms with van der Waals surface area (Å²) in [6, 6.07) is 14.0. The molecule has 3 aromatic carbocycles. The van der Waals surface area contributed by atoms with Gasteiger partial charge in [-0.2, -0.15) is 0 Å². The van der Waals surface area contributed by atoms with E-state index in [1.807, 2.05) is 25.1 Å². The van der Waals surface area contributed by atoms with Gasteiger partial charge in [-0.3, -0.25) is 0 Å². The maximum absolute atomic E-state index is 14.0. The van der Waals surface area contributed by atoms with Gasteiger partial charge < -0.3 is 0 Å². The second-order valence-electron chi connectivity index (χ2n) is 6.38. The van der Waals surface area contributed by atoms with E-state index in [1.54, 1.807) is 18.2 Å². The first-order chi connectivity index (χ1) is 12.7. The molecule has 0 saturated heterocycles. The van der Waals surface area contributed by atoms with Gasteiger partial charge in [-0.1, -0.05) is 36.9 Å². The van der Waals surface area contributed by atoms with Gasteiger partial charge in [-0.05, 0) is 70.6 Å². The largest absolute Gasteiger partial charge is 0.224 e. The third-order valence-corrected chi connectivity index (χ3v) is 5.59. The zero-order chi connectivity index (χ0) is 19.8. The van der Waals surface area contributed by atoms with Gasteiger partial charge in [-0.25, -0.2) is 17.2 Å². The number of aryl methyl sites for hydroxylation is 1. The molecule has 2 nitrogen and oxygen atoms in total. The fourth-order valence-electron chi connectivity index (χ4n) is 2.93. The van der Waals surface area contributed by atoms with E-state index >= 15 is 0 Å². The van der Waals surface area contributed by atoms with Gasteiger partial charge in [0.25, 0.3) is 0 Å². The lowest BCUT2D eigenvalue weighted by molar-refractivity contribution is 0.509. The Labute approximate surface area is 157 Å². The molecule has 0 aliphatic heterocycles. The molecule has 138 valence electrons. The number of benzene rings is 3. The zero-order valence-electron chi connectivity index (χ0n) is 15.0. The second-order valence-corrected chi connectivity index (χ2v) is 8.40. The molecule has 3 aromatic rings. The summed E-state index contributed by atoms with van der Waals surface area (Å²) in [5, 5.41) is 0. The van der Waals surface area contributed by atoms with Crippen LogP contribution in [0.1, 0.15) is 11.1 Å². The van der Waals surface area contributed by atoms with E-state index in [9.17, 15) is 17.2 Å². The fourth-order valence-corrected chi connectivity index (χ4v) is 3.56. The van der Waals surface area contributed by atoms with E-state index in [0.717, 1.165) is 35.1 Å². The number of rotatable bonds is 4. The highest BCUT2D eigenvalue weighted by Crippen LogP contribution is 2.35. The molecule has 0 bridgehead atoms. The first-order valence-corrected chi connectivity index (χ1v) is 10.1. The summed E-state index contributed by atoms with van der Waals surface area (Å²) in [6.45, 7) is 5.72. The van der Waals surface area contributed by atoms with Crippen molar-refractivity contribution in [3.05, 3.63) is 83.9 Å². The topological polar surface area (TPSA) is 34.1 Å². The van der Waals surface area contributed by atoms with Gasteiger partial charge >= 0.3 is 0 Å². The van der Waals surface area contributed by atoms with Gasteiger partial charge in [-0.15, -0.1) is 0 Å². The normalized spacial score (nSPS) is 11.4. The van der Waals surface area contributed by atoms with E-state index in [0.29, 0.717) is 16.7 Å². The van der Waals surface area contributed by atoms with E-state index in [2.05, 4.69) is 6.58 Å². The van der Waals surface area contributed by atoms with Crippen LogP contribution in [0.4, 0.5) is 8.78 Å². The van der Waals surface area contributed by atoms with Gasteiger partial charge in [0, 0.05) is 6.26 Å². The Morgan fingerprint density at radius 1 is 0.852 bits per heavy atom. The molecule has 0 spiro atoms. The Bertz CT molecular complexity index is 1130. The molecule has 0 amide bonds. The average molecular weight is 384 g/mol. The third kappa shape index (κ3) is 3.83. The second kappa shape index (κ2) is 7.08. The lowest BCUT2D eigenvalue weighted by Gasteiger charge is -2.13. The SMILES string of the molecule is C=Cc1cc(-c2cc(F)c(F)cc2-c2ccc(S(C)(=O)=O)cc2)ccc1C. The Balaban J connectivity index is 2.22. The quantitative estimate of drug-likeness (QED) is 0.582. The minimum Gasteiger partial charge on any atom is -0.224 e. The summed E-state index contributed by atoms with van der Waals surface area (Å²) in [5.74, 6) is -1.90. The van der Waals surface area contributed by atoms with Crippen LogP contribution in [0.5, 0.6) is 0 Å². The summed E-state index contributed by atoms with van der Waals surface area (Å²) in [7, 11) is -3.34. The lowest BCUT2D eigenvalue weighted by atomic mass is 9.92. The van der Waals surface area contributed by atoms with Crippen molar-refractivity contribution in [2.75, 3.05) is 6.26 Å². The predicted molar refractivity (Wildman–Crippen MR) is 105 cm³/mol. The molecule has 0 atom stereocenters. The van der Waals surface area contributed by atoms with E-state index in [4.69, 9.17) is 0 Å². The average Bonchev–Trinajstić information content (AvgIpc) is 2.63. The molecule has 0 aliphatic carbocycles. The summed E-state index contributed by atoms with van der Waals surface area (Å²) in [4.78, 5) is 0.166. The van der Waals surface area contributed by atoms with Crippen LogP contribution in [0.2, 0.25) is 0 Å². The van der Waals surface area contributed by atoms with Crippen LogP contribution in [0.15, 0.2) is 66.1 Å². The van der Waals surface area contributed by atoms with E-state index in [1.165, 1.54) is 12.1 Å². The molecule has 0 heterocycles. The molecule has 27 heavy (non-hydrogen) atoms. The minimum atomic E-state index is -3.34. The van der Waals surface area contributed by atoms with Crippen LogP contribution in [-0.4, -0.2) is 14.7 Å². The van der Waals surface area contributed by atoms with Crippen molar-refractivity contribution in [1.82, 2.24) is 0 Å². The molecular formula is C22H18F2O2S. The first-order valence-electron chi connectivity index (χ1n) is 8.23. The van der Waals surface area contributed by atoms with Crippen molar-refractivity contribution < 1.29 is 17.2 Å². The van der Waals surface area contributed by atoms with Crippen molar-refractivity contribution in [2.45, 2.75) is 11.8 Å².